The summed E-state index contributed by atoms with van der Waals surface area (Å²) in [7, 11) is 1.58. The van der Waals surface area contributed by atoms with Crippen LogP contribution in [0.4, 0.5) is 0 Å². The van der Waals surface area contributed by atoms with Gasteiger partial charge in [0.2, 0.25) is 0 Å². The van der Waals surface area contributed by atoms with Gasteiger partial charge in [-0.1, -0.05) is 23.1 Å². The van der Waals surface area contributed by atoms with E-state index in [1.165, 1.54) is 23.1 Å². The molecule has 0 saturated carbocycles. The number of oxazole rings is 1. The number of hydrogen-bond donors (Lipinski definition) is 0. The van der Waals surface area contributed by atoms with Gasteiger partial charge in [0.05, 0.1) is 18.6 Å². The Bertz CT molecular complexity index is 441. The highest BCUT2D eigenvalue weighted by atomic mass is 32.2. The van der Waals surface area contributed by atoms with Crippen molar-refractivity contribution in [2.24, 2.45) is 0 Å². The molecule has 0 aliphatic heterocycles. The van der Waals surface area contributed by atoms with Crippen LogP contribution in [0.15, 0.2) is 15.9 Å². The first-order chi connectivity index (χ1) is 7.28. The first-order valence-electron chi connectivity index (χ1n) is 4.19. The molecule has 2 heterocycles. The van der Waals surface area contributed by atoms with Gasteiger partial charge in [-0.05, 0) is 6.92 Å². The van der Waals surface area contributed by atoms with Gasteiger partial charge in [-0.2, -0.15) is 0 Å². The van der Waals surface area contributed by atoms with Crippen molar-refractivity contribution in [3.63, 3.8) is 0 Å². The van der Waals surface area contributed by atoms with Gasteiger partial charge in [0.1, 0.15) is 11.3 Å². The van der Waals surface area contributed by atoms with Crippen LogP contribution < -0.4 is 4.74 Å². The number of nitrogens with zero attached hydrogens (tertiary/aromatic N) is 3. The topological polar surface area (TPSA) is 61.0 Å². The molecule has 2 rings (SSSR count). The summed E-state index contributed by atoms with van der Waals surface area (Å²) in [6.07, 6.45) is 1.63. The molecule has 0 amide bonds. The Hall–Kier alpha value is -1.08. The molecular weight excluding hydrogens is 234 g/mol. The van der Waals surface area contributed by atoms with E-state index in [4.69, 9.17) is 9.15 Å². The fourth-order valence-corrected chi connectivity index (χ4v) is 2.39. The molecule has 0 fully saturated rings. The zero-order valence-corrected chi connectivity index (χ0v) is 9.89. The van der Waals surface area contributed by atoms with Crippen LogP contribution in [0.25, 0.3) is 0 Å². The molecule has 2 aromatic heterocycles. The van der Waals surface area contributed by atoms with E-state index in [-0.39, 0.29) is 0 Å². The van der Waals surface area contributed by atoms with Crippen molar-refractivity contribution in [1.29, 1.82) is 0 Å². The van der Waals surface area contributed by atoms with Gasteiger partial charge in [0, 0.05) is 0 Å². The van der Waals surface area contributed by atoms with Gasteiger partial charge in [0.25, 0.3) is 10.4 Å². The van der Waals surface area contributed by atoms with E-state index in [0.717, 1.165) is 10.7 Å². The number of rotatable bonds is 4. The Balaban J connectivity index is 1.93. The fourth-order valence-electron chi connectivity index (χ4n) is 0.901. The largest absolute Gasteiger partial charge is 0.472 e. The molecule has 80 valence electrons. The quantitative estimate of drug-likeness (QED) is 0.767. The summed E-state index contributed by atoms with van der Waals surface area (Å²) in [5.74, 6) is 0.695. The van der Waals surface area contributed by atoms with E-state index in [9.17, 15) is 0 Å². The summed E-state index contributed by atoms with van der Waals surface area (Å²) >= 11 is 2.92. The van der Waals surface area contributed by atoms with Gasteiger partial charge in [-0.3, -0.25) is 0 Å². The van der Waals surface area contributed by atoms with E-state index in [2.05, 4.69) is 15.2 Å². The van der Waals surface area contributed by atoms with E-state index in [1.807, 2.05) is 6.92 Å². The molecule has 15 heavy (non-hydrogen) atoms. The second-order valence-electron chi connectivity index (χ2n) is 2.71. The van der Waals surface area contributed by atoms with E-state index in [0.29, 0.717) is 16.2 Å². The normalized spacial score (nSPS) is 10.5. The molecule has 0 aliphatic rings. The van der Waals surface area contributed by atoms with Crippen molar-refractivity contribution in [2.45, 2.75) is 17.9 Å². The molecule has 0 aromatic carbocycles. The van der Waals surface area contributed by atoms with Crippen molar-refractivity contribution in [1.82, 2.24) is 15.2 Å². The maximum Gasteiger partial charge on any atom is 0.293 e. The van der Waals surface area contributed by atoms with Gasteiger partial charge < -0.3 is 9.15 Å². The lowest BCUT2D eigenvalue weighted by Gasteiger charge is -1.90. The maximum absolute atomic E-state index is 5.20. The van der Waals surface area contributed by atoms with Crippen LogP contribution in [0.5, 0.6) is 5.19 Å². The minimum Gasteiger partial charge on any atom is -0.472 e. The molecule has 0 N–H and O–H groups in total. The van der Waals surface area contributed by atoms with Gasteiger partial charge in [-0.15, -0.1) is 10.2 Å². The third-order valence-electron chi connectivity index (χ3n) is 1.54. The average molecular weight is 243 g/mol. The molecule has 0 saturated heterocycles. The number of thioether (sulfide) groups is 1. The molecule has 0 bridgehead atoms. The zero-order valence-electron chi connectivity index (χ0n) is 8.26. The molecule has 0 aliphatic carbocycles. The second-order valence-corrected chi connectivity index (χ2v) is 4.66. The highest BCUT2D eigenvalue weighted by Gasteiger charge is 2.07. The van der Waals surface area contributed by atoms with Crippen LogP contribution in [0.1, 0.15) is 10.7 Å². The highest BCUT2D eigenvalue weighted by Crippen LogP contribution is 2.25. The third-order valence-corrected chi connectivity index (χ3v) is 3.46. The van der Waals surface area contributed by atoms with E-state index < -0.39 is 0 Å². The monoisotopic (exact) mass is 243 g/mol. The van der Waals surface area contributed by atoms with Crippen molar-refractivity contribution in [3.8, 4) is 5.19 Å². The number of methoxy groups -OCH3 is 1. The minimum absolute atomic E-state index is 0.578. The van der Waals surface area contributed by atoms with E-state index >= 15 is 0 Å². The SMILES string of the molecule is COc1nnc(CSc2nc(C)co2)s1. The van der Waals surface area contributed by atoms with Crippen LogP contribution in [0, 0.1) is 6.92 Å². The van der Waals surface area contributed by atoms with E-state index in [1.54, 1.807) is 13.4 Å². The Kier molecular flexibility index (Phi) is 3.22. The number of ether oxygens (including phenoxy) is 1. The minimum atomic E-state index is 0.578. The summed E-state index contributed by atoms with van der Waals surface area (Å²) in [6, 6.07) is 0. The molecular formula is C8H9N3O2S2. The second kappa shape index (κ2) is 4.63. The number of aryl methyl sites for hydroxylation is 1. The average Bonchev–Trinajstić information content (AvgIpc) is 2.83. The third kappa shape index (κ3) is 2.69. The van der Waals surface area contributed by atoms with Crippen LogP contribution in [0.3, 0.4) is 0 Å². The predicted molar refractivity (Wildman–Crippen MR) is 57.3 cm³/mol. The summed E-state index contributed by atoms with van der Waals surface area (Å²) in [5.41, 5.74) is 0.882. The van der Waals surface area contributed by atoms with Crippen molar-refractivity contribution >= 4 is 23.1 Å². The first-order valence-corrected chi connectivity index (χ1v) is 5.99. The molecule has 0 spiro atoms. The van der Waals surface area contributed by atoms with Crippen molar-refractivity contribution < 1.29 is 9.15 Å². The lowest BCUT2D eigenvalue weighted by Crippen LogP contribution is -1.80. The first kappa shape index (κ1) is 10.4. The molecule has 5 nitrogen and oxygen atoms in total. The lowest BCUT2D eigenvalue weighted by atomic mass is 10.6. The van der Waals surface area contributed by atoms with Crippen LogP contribution in [0.2, 0.25) is 0 Å². The van der Waals surface area contributed by atoms with Crippen LogP contribution in [-0.2, 0) is 5.75 Å². The Morgan fingerprint density at radius 1 is 1.53 bits per heavy atom. The number of aromatic nitrogens is 3. The Morgan fingerprint density at radius 2 is 2.40 bits per heavy atom. The highest BCUT2D eigenvalue weighted by molar-refractivity contribution is 7.98. The number of hydrogen-bond acceptors (Lipinski definition) is 7. The standard InChI is InChI=1S/C8H9N3O2S2/c1-5-3-13-7(9-5)14-4-6-10-11-8(12-2)15-6/h3H,4H2,1-2H3. The van der Waals surface area contributed by atoms with Gasteiger partial charge >= 0.3 is 0 Å². The van der Waals surface area contributed by atoms with Gasteiger partial charge in [0.15, 0.2) is 0 Å². The predicted octanol–water partition coefficient (Wildman–Crippen LogP) is 2.14. The summed E-state index contributed by atoms with van der Waals surface area (Å²) in [5, 5.41) is 9.92. The maximum atomic E-state index is 5.20. The summed E-state index contributed by atoms with van der Waals surface area (Å²) in [4.78, 5) is 4.17. The van der Waals surface area contributed by atoms with Crippen LogP contribution in [-0.4, -0.2) is 22.3 Å². The van der Waals surface area contributed by atoms with Gasteiger partial charge in [-0.25, -0.2) is 4.98 Å². The van der Waals surface area contributed by atoms with Crippen molar-refractivity contribution in [3.05, 3.63) is 17.0 Å². The zero-order chi connectivity index (χ0) is 10.7. The molecule has 0 unspecified atom stereocenters. The van der Waals surface area contributed by atoms with Crippen molar-refractivity contribution in [2.75, 3.05) is 7.11 Å². The van der Waals surface area contributed by atoms with Crippen LogP contribution >= 0.6 is 23.1 Å². The Morgan fingerprint density at radius 3 is 3.00 bits per heavy atom. The summed E-state index contributed by atoms with van der Waals surface area (Å²) in [6.45, 7) is 1.89. The molecule has 0 atom stereocenters. The lowest BCUT2D eigenvalue weighted by molar-refractivity contribution is 0.407. The molecule has 2 aromatic rings. The summed E-state index contributed by atoms with van der Waals surface area (Å²) < 4.78 is 10.1. The Labute approximate surface area is 94.9 Å². The molecule has 7 heteroatoms. The molecule has 0 radical (unpaired) electrons. The smallest absolute Gasteiger partial charge is 0.293 e. The fraction of sp³-hybridized carbons (Fsp3) is 0.375.